The standard InChI is InChI=1S/C15H24O5/c16-13(11-12-15(19)20)9-7-5-3-1-2-4-6-8-10-14(17)18/h5,7H,1-4,6,8-12H2,(H,17,18)(H,19,20)/b7-5+. The molecule has 0 radical (unpaired) electrons. The second kappa shape index (κ2) is 12.4. The highest BCUT2D eigenvalue weighted by Crippen LogP contribution is 2.08. The van der Waals surface area contributed by atoms with Crippen molar-refractivity contribution in [2.45, 2.75) is 64.2 Å². The molecule has 0 heterocycles. The summed E-state index contributed by atoms with van der Waals surface area (Å²) >= 11 is 0. The number of carbonyl (C=O) groups is 3. The maximum absolute atomic E-state index is 11.2. The van der Waals surface area contributed by atoms with Gasteiger partial charge in [-0.3, -0.25) is 14.4 Å². The summed E-state index contributed by atoms with van der Waals surface area (Å²) in [4.78, 5) is 31.8. The van der Waals surface area contributed by atoms with Crippen molar-refractivity contribution in [2.24, 2.45) is 0 Å². The van der Waals surface area contributed by atoms with Gasteiger partial charge in [0.25, 0.3) is 0 Å². The number of Topliss-reactive ketones (excluding diaryl/α,β-unsaturated/α-hetero) is 1. The molecule has 0 saturated carbocycles. The molecule has 0 rings (SSSR count). The van der Waals surface area contributed by atoms with Crippen molar-refractivity contribution < 1.29 is 24.6 Å². The molecule has 0 aromatic carbocycles. The van der Waals surface area contributed by atoms with Crippen molar-refractivity contribution in [3.63, 3.8) is 0 Å². The van der Waals surface area contributed by atoms with Crippen LogP contribution in [0.3, 0.4) is 0 Å². The molecule has 0 saturated heterocycles. The molecule has 0 atom stereocenters. The van der Waals surface area contributed by atoms with Crippen LogP contribution in [0.4, 0.5) is 0 Å². The van der Waals surface area contributed by atoms with Gasteiger partial charge < -0.3 is 10.2 Å². The van der Waals surface area contributed by atoms with Gasteiger partial charge in [-0.25, -0.2) is 0 Å². The molecule has 0 amide bonds. The lowest BCUT2D eigenvalue weighted by Gasteiger charge is -1.98. The van der Waals surface area contributed by atoms with E-state index in [1.54, 1.807) is 6.08 Å². The van der Waals surface area contributed by atoms with Crippen molar-refractivity contribution in [1.29, 1.82) is 0 Å². The summed E-state index contributed by atoms with van der Waals surface area (Å²) in [6.07, 6.45) is 10.1. The molecule has 114 valence electrons. The lowest BCUT2D eigenvalue weighted by Crippen LogP contribution is -2.01. The predicted molar refractivity (Wildman–Crippen MR) is 75.6 cm³/mol. The molecule has 0 aliphatic rings. The Morgan fingerprint density at radius 1 is 0.700 bits per heavy atom. The third kappa shape index (κ3) is 14.4. The molecule has 0 aliphatic carbocycles. The zero-order valence-corrected chi connectivity index (χ0v) is 11.8. The van der Waals surface area contributed by atoms with Crippen LogP contribution in [0.15, 0.2) is 12.2 Å². The fraction of sp³-hybridized carbons (Fsp3) is 0.667. The van der Waals surface area contributed by atoms with Gasteiger partial charge in [-0.15, -0.1) is 0 Å². The van der Waals surface area contributed by atoms with Gasteiger partial charge in [0.15, 0.2) is 0 Å². The summed E-state index contributed by atoms with van der Waals surface area (Å²) in [7, 11) is 0. The first-order chi connectivity index (χ1) is 9.52. The quantitative estimate of drug-likeness (QED) is 0.400. The van der Waals surface area contributed by atoms with Crippen LogP contribution >= 0.6 is 0 Å². The first-order valence-corrected chi connectivity index (χ1v) is 7.12. The van der Waals surface area contributed by atoms with E-state index in [0.717, 1.165) is 38.5 Å². The summed E-state index contributed by atoms with van der Waals surface area (Å²) in [5.74, 6) is -1.72. The fourth-order valence-corrected chi connectivity index (χ4v) is 1.75. The first kappa shape index (κ1) is 18.4. The van der Waals surface area contributed by atoms with Crippen LogP contribution in [0.2, 0.25) is 0 Å². The van der Waals surface area contributed by atoms with Gasteiger partial charge in [-0.2, -0.15) is 0 Å². The topological polar surface area (TPSA) is 91.7 Å². The number of unbranched alkanes of at least 4 members (excludes halogenated alkanes) is 5. The minimum absolute atomic E-state index is 0.0441. The number of hydrogen-bond donors (Lipinski definition) is 2. The van der Waals surface area contributed by atoms with Gasteiger partial charge in [0.05, 0.1) is 6.42 Å². The number of carboxylic acid groups (broad SMARTS) is 2. The molecule has 0 aromatic heterocycles. The molecule has 0 spiro atoms. The number of rotatable bonds is 13. The maximum atomic E-state index is 11.2. The van der Waals surface area contributed by atoms with Crippen LogP contribution in [0.1, 0.15) is 64.2 Å². The average Bonchev–Trinajstić information content (AvgIpc) is 2.38. The molecule has 20 heavy (non-hydrogen) atoms. The van der Waals surface area contributed by atoms with Crippen molar-refractivity contribution >= 4 is 17.7 Å². The molecule has 0 bridgehead atoms. The number of hydrogen-bond acceptors (Lipinski definition) is 3. The zero-order valence-electron chi connectivity index (χ0n) is 11.8. The largest absolute Gasteiger partial charge is 0.481 e. The minimum atomic E-state index is -0.940. The number of aliphatic carboxylic acids is 2. The van der Waals surface area contributed by atoms with Crippen LogP contribution in [-0.2, 0) is 14.4 Å². The SMILES string of the molecule is O=C(O)CCCCCCC/C=C/CC(=O)CCC(=O)O. The predicted octanol–water partition coefficient (Wildman–Crippen LogP) is 3.18. The number of carbonyl (C=O) groups excluding carboxylic acids is 1. The summed E-state index contributed by atoms with van der Waals surface area (Å²) in [6, 6.07) is 0. The summed E-state index contributed by atoms with van der Waals surface area (Å²) < 4.78 is 0. The van der Waals surface area contributed by atoms with Gasteiger partial charge in [-0.1, -0.05) is 31.4 Å². The maximum Gasteiger partial charge on any atom is 0.303 e. The first-order valence-electron chi connectivity index (χ1n) is 7.12. The van der Waals surface area contributed by atoms with Crippen LogP contribution in [-0.4, -0.2) is 27.9 Å². The van der Waals surface area contributed by atoms with E-state index in [2.05, 4.69) is 0 Å². The van der Waals surface area contributed by atoms with Crippen molar-refractivity contribution in [3.8, 4) is 0 Å². The number of ketones is 1. The second-order valence-electron chi connectivity index (χ2n) is 4.81. The Kier molecular flexibility index (Phi) is 11.4. The smallest absolute Gasteiger partial charge is 0.303 e. The lowest BCUT2D eigenvalue weighted by atomic mass is 10.1. The Labute approximate surface area is 119 Å². The summed E-state index contributed by atoms with van der Waals surface area (Å²) in [6.45, 7) is 0. The third-order valence-corrected chi connectivity index (χ3v) is 2.89. The summed E-state index contributed by atoms with van der Waals surface area (Å²) in [5.41, 5.74) is 0. The molecule has 5 nitrogen and oxygen atoms in total. The van der Waals surface area contributed by atoms with E-state index in [4.69, 9.17) is 10.2 Å². The van der Waals surface area contributed by atoms with Gasteiger partial charge in [0, 0.05) is 19.3 Å². The molecule has 5 heteroatoms. The molecular weight excluding hydrogens is 260 g/mol. The molecule has 0 aromatic rings. The van der Waals surface area contributed by atoms with E-state index < -0.39 is 11.9 Å². The highest BCUT2D eigenvalue weighted by Gasteiger charge is 2.02. The fourth-order valence-electron chi connectivity index (χ4n) is 1.75. The van der Waals surface area contributed by atoms with Gasteiger partial charge in [0.2, 0.25) is 0 Å². The van der Waals surface area contributed by atoms with E-state index in [-0.39, 0.29) is 25.0 Å². The Bertz CT molecular complexity index is 333. The zero-order chi connectivity index (χ0) is 15.2. The van der Waals surface area contributed by atoms with Crippen molar-refractivity contribution in [3.05, 3.63) is 12.2 Å². The van der Waals surface area contributed by atoms with E-state index in [1.807, 2.05) is 6.08 Å². The minimum Gasteiger partial charge on any atom is -0.481 e. The van der Waals surface area contributed by atoms with Gasteiger partial charge in [-0.05, 0) is 19.3 Å². The van der Waals surface area contributed by atoms with Crippen LogP contribution in [0.25, 0.3) is 0 Å². The third-order valence-electron chi connectivity index (χ3n) is 2.89. The van der Waals surface area contributed by atoms with Crippen LogP contribution in [0, 0.1) is 0 Å². The summed E-state index contributed by atoms with van der Waals surface area (Å²) in [5, 5.41) is 16.9. The monoisotopic (exact) mass is 284 g/mol. The van der Waals surface area contributed by atoms with Crippen LogP contribution < -0.4 is 0 Å². The Hall–Kier alpha value is -1.65. The second-order valence-corrected chi connectivity index (χ2v) is 4.81. The molecular formula is C15H24O5. The molecule has 0 fully saturated rings. The van der Waals surface area contributed by atoms with E-state index in [0.29, 0.717) is 6.42 Å². The van der Waals surface area contributed by atoms with Gasteiger partial charge >= 0.3 is 11.9 Å². The van der Waals surface area contributed by atoms with E-state index in [9.17, 15) is 14.4 Å². The van der Waals surface area contributed by atoms with Crippen LogP contribution in [0.5, 0.6) is 0 Å². The highest BCUT2D eigenvalue weighted by molar-refractivity contribution is 5.83. The van der Waals surface area contributed by atoms with E-state index >= 15 is 0 Å². The Morgan fingerprint density at radius 2 is 1.30 bits per heavy atom. The number of carboxylic acids is 2. The normalized spacial score (nSPS) is 10.8. The Morgan fingerprint density at radius 3 is 1.95 bits per heavy atom. The van der Waals surface area contributed by atoms with Crippen molar-refractivity contribution in [1.82, 2.24) is 0 Å². The highest BCUT2D eigenvalue weighted by atomic mass is 16.4. The van der Waals surface area contributed by atoms with Crippen molar-refractivity contribution in [2.75, 3.05) is 0 Å². The average molecular weight is 284 g/mol. The molecule has 0 aliphatic heterocycles. The molecule has 0 unspecified atom stereocenters. The van der Waals surface area contributed by atoms with E-state index in [1.165, 1.54) is 0 Å². The molecule has 2 N–H and O–H groups in total. The van der Waals surface area contributed by atoms with Gasteiger partial charge in [0.1, 0.15) is 5.78 Å². The lowest BCUT2D eigenvalue weighted by molar-refractivity contribution is -0.138. The number of allylic oxidation sites excluding steroid dienone is 2. The Balaban J connectivity index is 3.33.